The van der Waals surface area contributed by atoms with Crippen LogP contribution >= 0.6 is 11.6 Å². The van der Waals surface area contributed by atoms with Crippen molar-refractivity contribution in [3.05, 3.63) is 57.9 Å². The van der Waals surface area contributed by atoms with Crippen LogP contribution in [0.15, 0.2) is 35.2 Å². The number of hydrogen-bond donors (Lipinski definition) is 0. The number of sulfonamides is 1. The minimum Gasteiger partial charge on any atom is -0.367 e. The van der Waals surface area contributed by atoms with E-state index in [4.69, 9.17) is 11.6 Å². The van der Waals surface area contributed by atoms with Gasteiger partial charge in [-0.25, -0.2) is 12.8 Å². The molecule has 0 N–H and O–H groups in total. The van der Waals surface area contributed by atoms with E-state index >= 15 is 0 Å². The molecule has 0 aromatic heterocycles. The Hall–Kier alpha value is -1.63. The van der Waals surface area contributed by atoms with Crippen molar-refractivity contribution in [1.82, 2.24) is 4.31 Å². The second-order valence-electron chi connectivity index (χ2n) is 6.71. The van der Waals surface area contributed by atoms with Gasteiger partial charge in [-0.1, -0.05) is 17.7 Å². The third-order valence-electron chi connectivity index (χ3n) is 4.71. The Bertz CT molecular complexity index is 916. The van der Waals surface area contributed by atoms with E-state index in [1.807, 2.05) is 19.9 Å². The zero-order valence-corrected chi connectivity index (χ0v) is 16.7. The lowest BCUT2D eigenvalue weighted by atomic mass is 10.1. The summed E-state index contributed by atoms with van der Waals surface area (Å²) in [5.41, 5.74) is 3.57. The van der Waals surface area contributed by atoms with Crippen molar-refractivity contribution in [1.29, 1.82) is 0 Å². The van der Waals surface area contributed by atoms with Crippen LogP contribution in [0.1, 0.15) is 16.7 Å². The SMILES string of the molecule is Cc1cc(C)c(N2CCN(S(=O)(=O)c3ccc(F)cc3C)CC2)c(Cl)c1. The number of benzene rings is 2. The minimum absolute atomic E-state index is 0.164. The van der Waals surface area contributed by atoms with Gasteiger partial charge < -0.3 is 4.90 Å². The van der Waals surface area contributed by atoms with Crippen molar-refractivity contribution < 1.29 is 12.8 Å². The molecule has 2 aromatic carbocycles. The van der Waals surface area contributed by atoms with Crippen molar-refractivity contribution in [2.24, 2.45) is 0 Å². The van der Waals surface area contributed by atoms with Crippen LogP contribution in [0.3, 0.4) is 0 Å². The summed E-state index contributed by atoms with van der Waals surface area (Å²) < 4.78 is 40.6. The summed E-state index contributed by atoms with van der Waals surface area (Å²) in [4.78, 5) is 2.29. The van der Waals surface area contributed by atoms with E-state index in [-0.39, 0.29) is 4.90 Å². The number of hydrogen-bond acceptors (Lipinski definition) is 3. The Labute approximate surface area is 159 Å². The second-order valence-corrected chi connectivity index (χ2v) is 9.03. The molecule has 1 saturated heterocycles. The van der Waals surface area contributed by atoms with Gasteiger partial charge in [-0.3, -0.25) is 0 Å². The predicted octanol–water partition coefficient (Wildman–Crippen LogP) is 3.92. The van der Waals surface area contributed by atoms with Gasteiger partial charge in [0, 0.05) is 26.2 Å². The second kappa shape index (κ2) is 7.18. The van der Waals surface area contributed by atoms with Gasteiger partial charge in [-0.15, -0.1) is 0 Å². The highest BCUT2D eigenvalue weighted by Gasteiger charge is 2.30. The average Bonchev–Trinajstić information content (AvgIpc) is 2.54. The summed E-state index contributed by atoms with van der Waals surface area (Å²) in [6.07, 6.45) is 0. The number of rotatable bonds is 3. The molecule has 4 nitrogen and oxygen atoms in total. The van der Waals surface area contributed by atoms with Gasteiger partial charge in [-0.2, -0.15) is 4.31 Å². The van der Waals surface area contributed by atoms with E-state index in [0.29, 0.717) is 36.8 Å². The van der Waals surface area contributed by atoms with E-state index < -0.39 is 15.8 Å². The smallest absolute Gasteiger partial charge is 0.243 e. The number of nitrogens with zero attached hydrogens (tertiary/aromatic N) is 2. The molecule has 26 heavy (non-hydrogen) atoms. The van der Waals surface area contributed by atoms with E-state index in [2.05, 4.69) is 11.0 Å². The van der Waals surface area contributed by atoms with Gasteiger partial charge in [-0.05, 0) is 61.7 Å². The highest BCUT2D eigenvalue weighted by molar-refractivity contribution is 7.89. The number of halogens is 2. The highest BCUT2D eigenvalue weighted by Crippen LogP contribution is 2.32. The van der Waals surface area contributed by atoms with E-state index in [1.54, 1.807) is 6.92 Å². The zero-order valence-electron chi connectivity index (χ0n) is 15.1. The van der Waals surface area contributed by atoms with E-state index in [0.717, 1.165) is 16.8 Å². The summed E-state index contributed by atoms with van der Waals surface area (Å²) in [6, 6.07) is 7.78. The summed E-state index contributed by atoms with van der Waals surface area (Å²) in [6.45, 7) is 7.47. The molecule has 1 aliphatic heterocycles. The Morgan fingerprint density at radius 2 is 1.62 bits per heavy atom. The Morgan fingerprint density at radius 1 is 0.962 bits per heavy atom. The van der Waals surface area contributed by atoms with Crippen LogP contribution in [0.5, 0.6) is 0 Å². The molecule has 3 rings (SSSR count). The summed E-state index contributed by atoms with van der Waals surface area (Å²) in [5.74, 6) is -0.434. The van der Waals surface area contributed by atoms with Crippen LogP contribution in [-0.4, -0.2) is 38.9 Å². The first kappa shape index (κ1) is 19.1. The molecule has 2 aromatic rings. The van der Waals surface area contributed by atoms with Crippen LogP contribution in [0.2, 0.25) is 5.02 Å². The van der Waals surface area contributed by atoms with Crippen LogP contribution in [0.25, 0.3) is 0 Å². The van der Waals surface area contributed by atoms with Crippen molar-refractivity contribution in [3.8, 4) is 0 Å². The molecule has 140 valence electrons. The number of piperazine rings is 1. The van der Waals surface area contributed by atoms with Crippen molar-refractivity contribution in [2.75, 3.05) is 31.1 Å². The lowest BCUT2D eigenvalue weighted by molar-refractivity contribution is 0.384. The molecule has 7 heteroatoms. The largest absolute Gasteiger partial charge is 0.367 e. The quantitative estimate of drug-likeness (QED) is 0.789. The molecule has 1 fully saturated rings. The third-order valence-corrected chi connectivity index (χ3v) is 7.05. The summed E-state index contributed by atoms with van der Waals surface area (Å²) in [5, 5.41) is 0.688. The molecular formula is C19H22ClFN2O2S. The van der Waals surface area contributed by atoms with Crippen molar-refractivity contribution in [2.45, 2.75) is 25.7 Å². The Balaban J connectivity index is 1.80. The van der Waals surface area contributed by atoms with E-state index in [9.17, 15) is 12.8 Å². The first-order chi connectivity index (χ1) is 12.2. The monoisotopic (exact) mass is 396 g/mol. The fraction of sp³-hybridized carbons (Fsp3) is 0.368. The van der Waals surface area contributed by atoms with Crippen molar-refractivity contribution in [3.63, 3.8) is 0 Å². The normalized spacial score (nSPS) is 16.1. The number of aryl methyl sites for hydroxylation is 3. The van der Waals surface area contributed by atoms with Gasteiger partial charge in [0.15, 0.2) is 0 Å². The van der Waals surface area contributed by atoms with E-state index in [1.165, 1.54) is 22.5 Å². The standard InChI is InChI=1S/C19H22ClFN2O2S/c1-13-10-15(3)19(17(20)11-13)22-6-8-23(9-7-22)26(24,25)18-5-4-16(21)12-14(18)2/h4-5,10-12H,6-9H2,1-3H3. The van der Waals surface area contributed by atoms with Gasteiger partial charge in [0.05, 0.1) is 15.6 Å². The zero-order chi connectivity index (χ0) is 19.1. The first-order valence-electron chi connectivity index (χ1n) is 8.48. The van der Waals surface area contributed by atoms with Crippen molar-refractivity contribution >= 4 is 27.3 Å². The molecular weight excluding hydrogens is 375 g/mol. The lowest BCUT2D eigenvalue weighted by Gasteiger charge is -2.36. The molecule has 0 radical (unpaired) electrons. The van der Waals surface area contributed by atoms with Gasteiger partial charge in [0.2, 0.25) is 10.0 Å². The molecule has 1 aliphatic rings. The molecule has 0 amide bonds. The summed E-state index contributed by atoms with van der Waals surface area (Å²) in [7, 11) is -3.64. The Morgan fingerprint density at radius 3 is 2.19 bits per heavy atom. The van der Waals surface area contributed by atoms with Crippen LogP contribution in [0.4, 0.5) is 10.1 Å². The fourth-order valence-corrected chi connectivity index (χ4v) is 5.57. The maximum atomic E-state index is 13.3. The first-order valence-corrected chi connectivity index (χ1v) is 10.3. The predicted molar refractivity (Wildman–Crippen MR) is 103 cm³/mol. The van der Waals surface area contributed by atoms with Gasteiger partial charge in [0.25, 0.3) is 0 Å². The van der Waals surface area contributed by atoms with Crippen LogP contribution in [-0.2, 0) is 10.0 Å². The lowest BCUT2D eigenvalue weighted by Crippen LogP contribution is -2.49. The van der Waals surface area contributed by atoms with Crippen LogP contribution in [0, 0.1) is 26.6 Å². The number of anilines is 1. The minimum atomic E-state index is -3.64. The third kappa shape index (κ3) is 3.59. The van der Waals surface area contributed by atoms with Crippen LogP contribution < -0.4 is 4.90 Å². The maximum Gasteiger partial charge on any atom is 0.243 e. The molecule has 0 saturated carbocycles. The topological polar surface area (TPSA) is 40.6 Å². The highest BCUT2D eigenvalue weighted by atomic mass is 35.5. The Kier molecular flexibility index (Phi) is 5.28. The molecule has 0 bridgehead atoms. The molecule has 0 atom stereocenters. The summed E-state index contributed by atoms with van der Waals surface area (Å²) >= 11 is 6.42. The molecule has 0 unspecified atom stereocenters. The van der Waals surface area contributed by atoms with Gasteiger partial charge in [0.1, 0.15) is 5.82 Å². The molecule has 0 aliphatic carbocycles. The molecule has 1 heterocycles. The molecule has 0 spiro atoms. The van der Waals surface area contributed by atoms with Gasteiger partial charge >= 0.3 is 0 Å². The fourth-order valence-electron chi connectivity index (χ4n) is 3.50. The maximum absolute atomic E-state index is 13.3. The average molecular weight is 397 g/mol.